The minimum Gasteiger partial charge on any atom is -0.376 e. The summed E-state index contributed by atoms with van der Waals surface area (Å²) in [5.41, 5.74) is 2.41. The summed E-state index contributed by atoms with van der Waals surface area (Å²) in [6.45, 7) is 4.91. The second kappa shape index (κ2) is 8.95. The van der Waals surface area contributed by atoms with E-state index in [0.29, 0.717) is 24.8 Å². The van der Waals surface area contributed by atoms with Crippen LogP contribution in [0.4, 0.5) is 5.69 Å². The van der Waals surface area contributed by atoms with E-state index >= 15 is 0 Å². The largest absolute Gasteiger partial charge is 0.376 e. The summed E-state index contributed by atoms with van der Waals surface area (Å²) in [5.74, 6) is -0.788. The Labute approximate surface area is 159 Å². The van der Waals surface area contributed by atoms with E-state index < -0.39 is 11.8 Å². The van der Waals surface area contributed by atoms with Gasteiger partial charge in [-0.2, -0.15) is 0 Å². The first kappa shape index (κ1) is 19.3. The predicted molar refractivity (Wildman–Crippen MR) is 105 cm³/mol. The SMILES string of the molecule is Cc1ccc(NC(=O)C(=O)NCCO[C@H]2CCCC[C@@H]2C)c2cccnc12. The highest BCUT2D eigenvalue weighted by atomic mass is 16.5. The average Bonchev–Trinajstić information content (AvgIpc) is 2.68. The molecule has 1 aliphatic carbocycles. The maximum absolute atomic E-state index is 12.2. The molecule has 144 valence electrons. The van der Waals surface area contributed by atoms with E-state index in [1.54, 1.807) is 18.3 Å². The van der Waals surface area contributed by atoms with Crippen LogP contribution in [0.3, 0.4) is 0 Å². The molecule has 3 rings (SSSR count). The molecule has 6 heteroatoms. The molecule has 0 aliphatic heterocycles. The molecule has 2 atom stereocenters. The molecule has 1 aliphatic rings. The number of aromatic nitrogens is 1. The summed E-state index contributed by atoms with van der Waals surface area (Å²) in [5, 5.41) is 6.12. The molecule has 1 aromatic heterocycles. The smallest absolute Gasteiger partial charge is 0.313 e. The summed E-state index contributed by atoms with van der Waals surface area (Å²) in [6.07, 6.45) is 6.70. The number of hydrogen-bond acceptors (Lipinski definition) is 4. The van der Waals surface area contributed by atoms with Crippen LogP contribution in [0.25, 0.3) is 10.9 Å². The highest BCUT2D eigenvalue weighted by Gasteiger charge is 2.22. The standard InChI is InChI=1S/C21H27N3O3/c1-14-6-3-4-8-18(14)27-13-12-23-20(25)21(26)24-17-10-9-15(2)19-16(17)7-5-11-22-19/h5,7,9-11,14,18H,3-4,6,8,12-13H2,1-2H3,(H,23,25)(H,24,26)/t14-,18-/m0/s1. The molecule has 0 spiro atoms. The van der Waals surface area contributed by atoms with Gasteiger partial charge in [-0.3, -0.25) is 14.6 Å². The van der Waals surface area contributed by atoms with Crippen LogP contribution >= 0.6 is 0 Å². The van der Waals surface area contributed by atoms with E-state index in [2.05, 4.69) is 22.5 Å². The number of anilines is 1. The molecule has 2 aromatic rings. The number of rotatable bonds is 5. The Kier molecular flexibility index (Phi) is 6.40. The van der Waals surface area contributed by atoms with Gasteiger partial charge in [0, 0.05) is 18.1 Å². The normalized spacial score (nSPS) is 19.6. The number of hydrogen-bond donors (Lipinski definition) is 2. The van der Waals surface area contributed by atoms with Crippen LogP contribution in [0.2, 0.25) is 0 Å². The number of fused-ring (bicyclic) bond motifs is 1. The van der Waals surface area contributed by atoms with Crippen LogP contribution < -0.4 is 10.6 Å². The van der Waals surface area contributed by atoms with Crippen molar-refractivity contribution in [1.82, 2.24) is 10.3 Å². The van der Waals surface area contributed by atoms with Gasteiger partial charge in [0.2, 0.25) is 0 Å². The van der Waals surface area contributed by atoms with Gasteiger partial charge in [-0.15, -0.1) is 0 Å². The summed E-state index contributed by atoms with van der Waals surface area (Å²) < 4.78 is 5.86. The Morgan fingerprint density at radius 3 is 2.81 bits per heavy atom. The average molecular weight is 369 g/mol. The van der Waals surface area contributed by atoms with Crippen LogP contribution in [0.1, 0.15) is 38.2 Å². The summed E-state index contributed by atoms with van der Waals surface area (Å²) in [7, 11) is 0. The number of benzene rings is 1. The maximum atomic E-state index is 12.2. The summed E-state index contributed by atoms with van der Waals surface area (Å²) in [4.78, 5) is 28.6. The van der Waals surface area contributed by atoms with Crippen molar-refractivity contribution in [3.63, 3.8) is 0 Å². The minimum absolute atomic E-state index is 0.260. The molecule has 0 radical (unpaired) electrons. The van der Waals surface area contributed by atoms with Gasteiger partial charge in [0.05, 0.1) is 23.9 Å². The first-order valence-electron chi connectivity index (χ1n) is 9.61. The molecule has 1 saturated carbocycles. The van der Waals surface area contributed by atoms with E-state index in [0.717, 1.165) is 22.9 Å². The van der Waals surface area contributed by atoms with Gasteiger partial charge in [-0.1, -0.05) is 25.8 Å². The molecule has 1 aromatic carbocycles. The second-order valence-corrected chi connectivity index (χ2v) is 7.21. The Hall–Kier alpha value is -2.47. The lowest BCUT2D eigenvalue weighted by atomic mass is 9.88. The van der Waals surface area contributed by atoms with Crippen molar-refractivity contribution in [3.05, 3.63) is 36.0 Å². The molecule has 1 fully saturated rings. The first-order valence-corrected chi connectivity index (χ1v) is 9.61. The van der Waals surface area contributed by atoms with Crippen molar-refractivity contribution in [2.45, 2.75) is 45.6 Å². The lowest BCUT2D eigenvalue weighted by molar-refractivity contribution is -0.136. The van der Waals surface area contributed by atoms with Crippen molar-refractivity contribution in [1.29, 1.82) is 0 Å². The molecular formula is C21H27N3O3. The van der Waals surface area contributed by atoms with Crippen molar-refractivity contribution < 1.29 is 14.3 Å². The summed E-state index contributed by atoms with van der Waals surface area (Å²) >= 11 is 0. The lowest BCUT2D eigenvalue weighted by Crippen LogP contribution is -2.38. The van der Waals surface area contributed by atoms with Gasteiger partial charge in [0.15, 0.2) is 0 Å². The Balaban J connectivity index is 1.50. The third kappa shape index (κ3) is 4.83. The zero-order chi connectivity index (χ0) is 19.2. The number of amides is 2. The number of nitrogens with zero attached hydrogens (tertiary/aromatic N) is 1. The fourth-order valence-electron chi connectivity index (χ4n) is 3.59. The Morgan fingerprint density at radius 1 is 1.19 bits per heavy atom. The minimum atomic E-state index is -0.685. The van der Waals surface area contributed by atoms with Crippen LogP contribution in [-0.4, -0.2) is 36.1 Å². The Morgan fingerprint density at radius 2 is 2.00 bits per heavy atom. The molecule has 0 bridgehead atoms. The third-order valence-corrected chi connectivity index (χ3v) is 5.18. The van der Waals surface area contributed by atoms with E-state index in [4.69, 9.17) is 4.74 Å². The van der Waals surface area contributed by atoms with Gasteiger partial charge in [-0.25, -0.2) is 0 Å². The zero-order valence-corrected chi connectivity index (χ0v) is 16.0. The number of aryl methyl sites for hydroxylation is 1. The van der Waals surface area contributed by atoms with Crippen molar-refractivity contribution in [2.24, 2.45) is 5.92 Å². The van der Waals surface area contributed by atoms with Crippen molar-refractivity contribution in [2.75, 3.05) is 18.5 Å². The molecule has 2 amide bonds. The molecule has 2 N–H and O–H groups in total. The molecule has 0 unspecified atom stereocenters. The van der Waals surface area contributed by atoms with Crippen LogP contribution in [0.5, 0.6) is 0 Å². The molecule has 0 saturated heterocycles. The third-order valence-electron chi connectivity index (χ3n) is 5.18. The second-order valence-electron chi connectivity index (χ2n) is 7.21. The first-order chi connectivity index (χ1) is 13.1. The monoisotopic (exact) mass is 369 g/mol. The van der Waals surface area contributed by atoms with Gasteiger partial charge in [-0.05, 0) is 49.4 Å². The molecule has 6 nitrogen and oxygen atoms in total. The van der Waals surface area contributed by atoms with Crippen molar-refractivity contribution in [3.8, 4) is 0 Å². The van der Waals surface area contributed by atoms with E-state index in [9.17, 15) is 9.59 Å². The summed E-state index contributed by atoms with van der Waals surface area (Å²) in [6, 6.07) is 7.35. The van der Waals surface area contributed by atoms with Gasteiger partial charge >= 0.3 is 11.8 Å². The highest BCUT2D eigenvalue weighted by Crippen LogP contribution is 2.26. The predicted octanol–water partition coefficient (Wildman–Crippen LogP) is 3.19. The van der Waals surface area contributed by atoms with E-state index in [-0.39, 0.29) is 6.10 Å². The molecule has 27 heavy (non-hydrogen) atoms. The molecule has 1 heterocycles. The lowest BCUT2D eigenvalue weighted by Gasteiger charge is -2.28. The van der Waals surface area contributed by atoms with Crippen LogP contribution in [0, 0.1) is 12.8 Å². The fraction of sp³-hybridized carbons (Fsp3) is 0.476. The number of carbonyl (C=O) groups is 2. The maximum Gasteiger partial charge on any atom is 0.313 e. The van der Waals surface area contributed by atoms with Crippen molar-refractivity contribution >= 4 is 28.4 Å². The highest BCUT2D eigenvalue weighted by molar-refractivity contribution is 6.40. The number of carbonyl (C=O) groups excluding carboxylic acids is 2. The fourth-order valence-corrected chi connectivity index (χ4v) is 3.59. The van der Waals surface area contributed by atoms with Gasteiger partial charge < -0.3 is 15.4 Å². The van der Waals surface area contributed by atoms with Crippen LogP contribution in [-0.2, 0) is 14.3 Å². The zero-order valence-electron chi connectivity index (χ0n) is 16.0. The van der Waals surface area contributed by atoms with Gasteiger partial charge in [0.25, 0.3) is 0 Å². The molecular weight excluding hydrogens is 342 g/mol. The number of pyridine rings is 1. The number of ether oxygens (including phenoxy) is 1. The Bertz CT molecular complexity index is 821. The van der Waals surface area contributed by atoms with Gasteiger partial charge in [0.1, 0.15) is 0 Å². The number of nitrogens with one attached hydrogen (secondary N) is 2. The quantitative estimate of drug-likeness (QED) is 0.626. The topological polar surface area (TPSA) is 80.3 Å². The van der Waals surface area contributed by atoms with E-state index in [1.165, 1.54) is 19.3 Å². The van der Waals surface area contributed by atoms with Crippen LogP contribution in [0.15, 0.2) is 30.5 Å². The van der Waals surface area contributed by atoms with E-state index in [1.807, 2.05) is 19.1 Å².